The van der Waals surface area contributed by atoms with Gasteiger partial charge in [0.2, 0.25) is 11.6 Å². The molecule has 1 aromatic heterocycles. The predicted octanol–water partition coefficient (Wildman–Crippen LogP) is 4.32. The molecule has 1 aliphatic rings. The summed E-state index contributed by atoms with van der Waals surface area (Å²) in [6, 6.07) is 11.5. The maximum atomic E-state index is 5.59. The first-order valence-corrected chi connectivity index (χ1v) is 10.5. The van der Waals surface area contributed by atoms with E-state index in [1.165, 1.54) is 11.3 Å². The van der Waals surface area contributed by atoms with Crippen LogP contribution in [0.15, 0.2) is 64.5 Å². The van der Waals surface area contributed by atoms with E-state index >= 15 is 0 Å². The molecule has 0 bridgehead atoms. The standard InChI is InChI=1S/C23H23N3O4S/c1-5-10-24-23-26(25-15(2)16-6-8-21-22(11-16)30-14-29-21)19(13-31-23)18-12-17(27-3)7-9-20(18)28-4/h5-9,11-13H,1,10,14H2,2-4H3. The molecule has 1 aliphatic heterocycles. The van der Waals surface area contributed by atoms with Gasteiger partial charge in [-0.05, 0) is 43.3 Å². The van der Waals surface area contributed by atoms with Crippen LogP contribution < -0.4 is 23.7 Å². The molecule has 8 heteroatoms. The lowest BCUT2D eigenvalue weighted by molar-refractivity contribution is 0.174. The van der Waals surface area contributed by atoms with E-state index in [2.05, 4.69) is 11.6 Å². The second kappa shape index (κ2) is 9.09. The molecule has 0 radical (unpaired) electrons. The van der Waals surface area contributed by atoms with Crippen LogP contribution in [-0.2, 0) is 0 Å². The molecule has 0 aliphatic carbocycles. The van der Waals surface area contributed by atoms with Crippen molar-refractivity contribution >= 4 is 17.0 Å². The maximum Gasteiger partial charge on any atom is 0.231 e. The van der Waals surface area contributed by atoms with Crippen LogP contribution in [0.5, 0.6) is 23.0 Å². The molecule has 0 spiro atoms. The van der Waals surface area contributed by atoms with Crippen molar-refractivity contribution in [3.63, 3.8) is 0 Å². The summed E-state index contributed by atoms with van der Waals surface area (Å²) in [4.78, 5) is 5.36. The van der Waals surface area contributed by atoms with Crippen LogP contribution in [0.1, 0.15) is 12.5 Å². The molecular formula is C23H23N3O4S. The first-order valence-electron chi connectivity index (χ1n) is 9.64. The van der Waals surface area contributed by atoms with Crippen molar-refractivity contribution in [1.29, 1.82) is 0 Å². The van der Waals surface area contributed by atoms with Crippen molar-refractivity contribution in [3.8, 4) is 34.3 Å². The fourth-order valence-corrected chi connectivity index (χ4v) is 4.01. The number of hydrogen-bond acceptors (Lipinski definition) is 7. The third kappa shape index (κ3) is 4.20. The van der Waals surface area contributed by atoms with Crippen molar-refractivity contribution in [2.24, 2.45) is 10.1 Å². The minimum Gasteiger partial charge on any atom is -0.497 e. The molecule has 7 nitrogen and oxygen atoms in total. The van der Waals surface area contributed by atoms with Gasteiger partial charge < -0.3 is 18.9 Å². The average Bonchev–Trinajstić information content (AvgIpc) is 3.43. The van der Waals surface area contributed by atoms with E-state index in [4.69, 9.17) is 24.0 Å². The lowest BCUT2D eigenvalue weighted by atomic mass is 10.1. The van der Waals surface area contributed by atoms with Crippen LogP contribution in [0, 0.1) is 0 Å². The average molecular weight is 438 g/mol. The van der Waals surface area contributed by atoms with Crippen molar-refractivity contribution in [2.45, 2.75) is 6.92 Å². The lowest BCUT2D eigenvalue weighted by Gasteiger charge is -2.12. The molecule has 2 aromatic carbocycles. The SMILES string of the molecule is C=CCN=c1scc(-c2cc(OC)ccc2OC)n1N=C(C)c1ccc2c(c1)OCO2. The lowest BCUT2D eigenvalue weighted by Crippen LogP contribution is -2.14. The molecule has 31 heavy (non-hydrogen) atoms. The van der Waals surface area contributed by atoms with Crippen LogP contribution in [0.2, 0.25) is 0 Å². The van der Waals surface area contributed by atoms with Gasteiger partial charge in [-0.2, -0.15) is 5.10 Å². The minimum absolute atomic E-state index is 0.235. The number of benzene rings is 2. The predicted molar refractivity (Wildman–Crippen MR) is 122 cm³/mol. The topological polar surface area (TPSA) is 66.6 Å². The zero-order chi connectivity index (χ0) is 21.8. The summed E-state index contributed by atoms with van der Waals surface area (Å²) in [5.41, 5.74) is 3.45. The van der Waals surface area contributed by atoms with Crippen LogP contribution >= 0.6 is 11.3 Å². The normalized spacial score (nSPS) is 13.4. The third-order valence-electron chi connectivity index (χ3n) is 4.76. The zero-order valence-electron chi connectivity index (χ0n) is 17.6. The van der Waals surface area contributed by atoms with Gasteiger partial charge in [0, 0.05) is 16.5 Å². The molecule has 0 amide bonds. The van der Waals surface area contributed by atoms with Gasteiger partial charge in [-0.3, -0.25) is 4.99 Å². The smallest absolute Gasteiger partial charge is 0.231 e. The van der Waals surface area contributed by atoms with E-state index in [1.54, 1.807) is 20.3 Å². The van der Waals surface area contributed by atoms with Gasteiger partial charge in [-0.15, -0.1) is 17.9 Å². The Morgan fingerprint density at radius 2 is 2.00 bits per heavy atom. The first kappa shape index (κ1) is 20.7. The van der Waals surface area contributed by atoms with Gasteiger partial charge >= 0.3 is 0 Å². The Labute approximate surface area is 184 Å². The largest absolute Gasteiger partial charge is 0.497 e. The summed E-state index contributed by atoms with van der Waals surface area (Å²) in [5, 5.41) is 6.91. The van der Waals surface area contributed by atoms with Gasteiger partial charge in [-0.1, -0.05) is 6.08 Å². The summed E-state index contributed by atoms with van der Waals surface area (Å²) >= 11 is 1.50. The van der Waals surface area contributed by atoms with Crippen molar-refractivity contribution in [2.75, 3.05) is 27.6 Å². The highest BCUT2D eigenvalue weighted by Gasteiger charge is 2.17. The van der Waals surface area contributed by atoms with Crippen LogP contribution in [0.4, 0.5) is 0 Å². The Morgan fingerprint density at radius 1 is 1.16 bits per heavy atom. The van der Waals surface area contributed by atoms with E-state index < -0.39 is 0 Å². The van der Waals surface area contributed by atoms with E-state index in [0.29, 0.717) is 12.3 Å². The number of aromatic nitrogens is 1. The number of thiazole rings is 1. The van der Waals surface area contributed by atoms with E-state index in [-0.39, 0.29) is 6.79 Å². The summed E-state index contributed by atoms with van der Waals surface area (Å²) in [6.45, 7) is 6.44. The molecule has 0 atom stereocenters. The molecule has 3 aromatic rings. The minimum atomic E-state index is 0.235. The van der Waals surface area contributed by atoms with Crippen molar-refractivity contribution < 1.29 is 18.9 Å². The molecule has 0 saturated carbocycles. The van der Waals surface area contributed by atoms with Crippen LogP contribution in [-0.4, -0.2) is 37.9 Å². The van der Waals surface area contributed by atoms with Crippen LogP contribution in [0.25, 0.3) is 11.3 Å². The zero-order valence-corrected chi connectivity index (χ0v) is 18.4. The van der Waals surface area contributed by atoms with Gasteiger partial charge in [0.1, 0.15) is 11.5 Å². The number of rotatable bonds is 7. The Kier molecular flexibility index (Phi) is 6.08. The Bertz CT molecular complexity index is 1210. The summed E-state index contributed by atoms with van der Waals surface area (Å²) in [6.07, 6.45) is 1.75. The maximum absolute atomic E-state index is 5.59. The Morgan fingerprint density at radius 3 is 2.77 bits per heavy atom. The molecule has 4 rings (SSSR count). The number of hydrogen-bond donors (Lipinski definition) is 0. The summed E-state index contributed by atoms with van der Waals surface area (Å²) in [7, 11) is 3.28. The van der Waals surface area contributed by atoms with Gasteiger partial charge in [0.15, 0.2) is 11.5 Å². The van der Waals surface area contributed by atoms with E-state index in [1.807, 2.05) is 53.4 Å². The van der Waals surface area contributed by atoms with Gasteiger partial charge in [0.25, 0.3) is 0 Å². The van der Waals surface area contributed by atoms with E-state index in [9.17, 15) is 0 Å². The molecular weight excluding hydrogens is 414 g/mol. The van der Waals surface area contributed by atoms with Crippen molar-refractivity contribution in [3.05, 3.63) is 64.8 Å². The monoisotopic (exact) mass is 437 g/mol. The highest BCUT2D eigenvalue weighted by atomic mass is 32.1. The number of methoxy groups -OCH3 is 2. The highest BCUT2D eigenvalue weighted by Crippen LogP contribution is 2.35. The molecule has 0 fully saturated rings. The van der Waals surface area contributed by atoms with Crippen molar-refractivity contribution in [1.82, 2.24) is 4.68 Å². The molecule has 0 N–H and O–H groups in total. The number of ether oxygens (including phenoxy) is 4. The van der Waals surface area contributed by atoms with E-state index in [0.717, 1.165) is 44.6 Å². The second-order valence-electron chi connectivity index (χ2n) is 6.66. The van der Waals surface area contributed by atoms with Gasteiger partial charge in [-0.25, -0.2) is 4.68 Å². The Balaban J connectivity index is 1.86. The van der Waals surface area contributed by atoms with Gasteiger partial charge in [0.05, 0.1) is 32.2 Å². The summed E-state index contributed by atoms with van der Waals surface area (Å²) < 4.78 is 23.8. The number of fused-ring (bicyclic) bond motifs is 1. The summed E-state index contributed by atoms with van der Waals surface area (Å²) in [5.74, 6) is 2.91. The number of nitrogens with zero attached hydrogens (tertiary/aromatic N) is 3. The fraction of sp³-hybridized carbons (Fsp3) is 0.217. The fourth-order valence-electron chi connectivity index (χ4n) is 3.18. The highest BCUT2D eigenvalue weighted by molar-refractivity contribution is 7.07. The third-order valence-corrected chi connectivity index (χ3v) is 5.62. The first-order chi connectivity index (χ1) is 15.1. The molecule has 160 valence electrons. The second-order valence-corrected chi connectivity index (χ2v) is 7.50. The molecule has 0 unspecified atom stereocenters. The molecule has 0 saturated heterocycles. The Hall–Kier alpha value is -3.52. The molecule has 2 heterocycles. The van der Waals surface area contributed by atoms with Crippen LogP contribution in [0.3, 0.4) is 0 Å². The quantitative estimate of drug-likeness (QED) is 0.408.